The third-order valence-electron chi connectivity index (χ3n) is 10.9. The van der Waals surface area contributed by atoms with Crippen molar-refractivity contribution in [2.75, 3.05) is 32.3 Å². The molecular weight excluding hydrogens is 556 g/mol. The standard InChI is InChI=1S/C36H46N2O6/c1-21-19-34(3,4)38-32-27(21)16-26(43-8)17-28(32)36(33(38)41)22(2)31(35(5,6)23-11-13-25(42-7)14-12-23)29(44-36)18-30(40)37-15-9-10-24(37)20-39/h11-14,16-17,19,22,24,29,31,39H,9-10,15,18,20H2,1-8H3/t22-,24-,29+,31-,36+/m0/s1. The molecule has 4 aliphatic heterocycles. The first-order valence-corrected chi connectivity index (χ1v) is 15.8. The number of hydrogen-bond donors (Lipinski definition) is 1. The van der Waals surface area contributed by atoms with Crippen molar-refractivity contribution in [3.8, 4) is 11.5 Å². The zero-order valence-electron chi connectivity index (χ0n) is 27.3. The molecule has 1 spiro atoms. The van der Waals surface area contributed by atoms with E-state index in [1.54, 1.807) is 19.1 Å². The highest BCUT2D eigenvalue weighted by molar-refractivity contribution is 6.12. The van der Waals surface area contributed by atoms with Crippen molar-refractivity contribution in [1.82, 2.24) is 4.90 Å². The Morgan fingerprint density at radius 2 is 1.80 bits per heavy atom. The average Bonchev–Trinajstić information content (AvgIpc) is 3.66. The second-order valence-electron chi connectivity index (χ2n) is 14.1. The number of aliphatic hydroxyl groups excluding tert-OH is 1. The van der Waals surface area contributed by atoms with E-state index in [2.05, 4.69) is 59.8 Å². The molecule has 2 aromatic rings. The molecule has 0 aliphatic carbocycles. The van der Waals surface area contributed by atoms with Gasteiger partial charge in [0.25, 0.3) is 5.91 Å². The first-order chi connectivity index (χ1) is 20.8. The van der Waals surface area contributed by atoms with Crippen LogP contribution in [0.2, 0.25) is 0 Å². The lowest BCUT2D eigenvalue weighted by Gasteiger charge is -2.40. The van der Waals surface area contributed by atoms with Gasteiger partial charge in [0.15, 0.2) is 5.60 Å². The van der Waals surface area contributed by atoms with Crippen molar-refractivity contribution in [3.05, 3.63) is 59.2 Å². The normalized spacial score (nSPS) is 28.8. The minimum atomic E-state index is -1.30. The molecule has 0 aromatic heterocycles. The number of aliphatic hydroxyl groups is 1. The van der Waals surface area contributed by atoms with Gasteiger partial charge in [0.1, 0.15) is 11.5 Å². The minimum absolute atomic E-state index is 0.0395. The second-order valence-corrected chi connectivity index (χ2v) is 14.1. The van der Waals surface area contributed by atoms with Gasteiger partial charge in [0.2, 0.25) is 5.91 Å². The maximum Gasteiger partial charge on any atom is 0.265 e. The minimum Gasteiger partial charge on any atom is -0.497 e. The lowest BCUT2D eigenvalue weighted by atomic mass is 9.63. The summed E-state index contributed by atoms with van der Waals surface area (Å²) in [5.74, 6) is 0.829. The van der Waals surface area contributed by atoms with E-state index < -0.39 is 22.7 Å². The van der Waals surface area contributed by atoms with E-state index in [9.17, 15) is 9.90 Å². The predicted molar refractivity (Wildman–Crippen MR) is 170 cm³/mol. The van der Waals surface area contributed by atoms with Crippen LogP contribution >= 0.6 is 0 Å². The quantitative estimate of drug-likeness (QED) is 0.454. The Balaban J connectivity index is 1.51. The van der Waals surface area contributed by atoms with Gasteiger partial charge >= 0.3 is 0 Å². The van der Waals surface area contributed by atoms with E-state index in [1.165, 1.54) is 0 Å². The number of allylic oxidation sites excluding steroid dienone is 1. The molecule has 0 saturated carbocycles. The number of ether oxygens (including phenoxy) is 3. The summed E-state index contributed by atoms with van der Waals surface area (Å²) in [5, 5.41) is 9.98. The van der Waals surface area contributed by atoms with Crippen molar-refractivity contribution in [1.29, 1.82) is 0 Å². The van der Waals surface area contributed by atoms with Crippen LogP contribution < -0.4 is 14.4 Å². The summed E-state index contributed by atoms with van der Waals surface area (Å²) >= 11 is 0. The Labute approximate surface area is 261 Å². The van der Waals surface area contributed by atoms with Crippen LogP contribution in [0.25, 0.3) is 5.57 Å². The van der Waals surface area contributed by atoms with E-state index in [4.69, 9.17) is 14.2 Å². The van der Waals surface area contributed by atoms with Crippen molar-refractivity contribution in [2.24, 2.45) is 11.8 Å². The highest BCUT2D eigenvalue weighted by Gasteiger charge is 2.68. The maximum atomic E-state index is 15.0. The topological polar surface area (TPSA) is 88.5 Å². The molecule has 44 heavy (non-hydrogen) atoms. The third-order valence-corrected chi connectivity index (χ3v) is 10.9. The smallest absolute Gasteiger partial charge is 0.265 e. The molecule has 2 fully saturated rings. The van der Waals surface area contributed by atoms with Gasteiger partial charge in [-0.05, 0) is 74.4 Å². The van der Waals surface area contributed by atoms with Gasteiger partial charge in [0.05, 0.1) is 50.6 Å². The molecule has 8 nitrogen and oxygen atoms in total. The molecule has 6 rings (SSSR count). The van der Waals surface area contributed by atoms with Crippen molar-refractivity contribution in [3.63, 3.8) is 0 Å². The SMILES string of the molecule is COc1ccc(C(C)(C)[C@@H]2[C@@H](CC(=O)N3CCC[C@H]3CO)O[C@]3(C(=O)N4c5c(cc(OC)cc53)C(C)=CC4(C)C)[C@H]2C)cc1. The molecule has 2 amide bonds. The number of hydrogen-bond acceptors (Lipinski definition) is 6. The number of likely N-dealkylation sites (tertiary alicyclic amines) is 1. The summed E-state index contributed by atoms with van der Waals surface area (Å²) in [6.45, 7) is 13.3. The Morgan fingerprint density at radius 3 is 2.43 bits per heavy atom. The Kier molecular flexibility index (Phi) is 7.40. The molecule has 8 heteroatoms. The van der Waals surface area contributed by atoms with Crippen LogP contribution in [0.1, 0.15) is 77.5 Å². The van der Waals surface area contributed by atoms with Gasteiger partial charge < -0.3 is 24.2 Å². The zero-order valence-corrected chi connectivity index (χ0v) is 27.3. The lowest BCUT2D eigenvalue weighted by Crippen LogP contribution is -2.53. The molecule has 2 aromatic carbocycles. The number of carbonyl (C=O) groups is 2. The first kappa shape index (κ1) is 30.7. The first-order valence-electron chi connectivity index (χ1n) is 15.8. The Morgan fingerprint density at radius 1 is 1.11 bits per heavy atom. The van der Waals surface area contributed by atoms with Crippen LogP contribution in [0.4, 0.5) is 5.69 Å². The number of methoxy groups -OCH3 is 2. The van der Waals surface area contributed by atoms with E-state index in [0.29, 0.717) is 12.3 Å². The summed E-state index contributed by atoms with van der Waals surface area (Å²) in [4.78, 5) is 32.6. The maximum absolute atomic E-state index is 15.0. The molecule has 2 saturated heterocycles. The summed E-state index contributed by atoms with van der Waals surface area (Å²) < 4.78 is 18.4. The van der Waals surface area contributed by atoms with E-state index >= 15 is 4.79 Å². The van der Waals surface area contributed by atoms with Gasteiger partial charge in [-0.3, -0.25) is 14.5 Å². The number of nitrogens with zero attached hydrogens (tertiary/aromatic N) is 2. The fraction of sp³-hybridized carbons (Fsp3) is 0.556. The van der Waals surface area contributed by atoms with Crippen LogP contribution in [0.3, 0.4) is 0 Å². The fourth-order valence-corrected chi connectivity index (χ4v) is 8.82. The van der Waals surface area contributed by atoms with Gasteiger partial charge in [-0.25, -0.2) is 0 Å². The predicted octanol–water partition coefficient (Wildman–Crippen LogP) is 5.44. The van der Waals surface area contributed by atoms with Crippen LogP contribution in [0.5, 0.6) is 11.5 Å². The molecule has 4 heterocycles. The molecule has 0 unspecified atom stereocenters. The molecule has 0 radical (unpaired) electrons. The number of rotatable bonds is 7. The fourth-order valence-electron chi connectivity index (χ4n) is 8.82. The van der Waals surface area contributed by atoms with Crippen LogP contribution in [-0.2, 0) is 25.3 Å². The second kappa shape index (κ2) is 10.6. The summed E-state index contributed by atoms with van der Waals surface area (Å²) in [6.07, 6.45) is 3.39. The number of amides is 2. The summed E-state index contributed by atoms with van der Waals surface area (Å²) in [6, 6.07) is 11.8. The monoisotopic (exact) mass is 602 g/mol. The highest BCUT2D eigenvalue weighted by atomic mass is 16.5. The molecule has 236 valence electrons. The largest absolute Gasteiger partial charge is 0.497 e. The average molecular weight is 603 g/mol. The Bertz CT molecular complexity index is 1510. The molecule has 1 N–H and O–H groups in total. The third kappa shape index (κ3) is 4.31. The number of benzene rings is 2. The number of anilines is 1. The van der Waals surface area contributed by atoms with Gasteiger partial charge in [0, 0.05) is 29.5 Å². The molecule has 0 bridgehead atoms. The number of carbonyl (C=O) groups excluding carboxylic acids is 2. The summed E-state index contributed by atoms with van der Waals surface area (Å²) in [5.41, 5.74) is 2.48. The molecule has 5 atom stereocenters. The van der Waals surface area contributed by atoms with Gasteiger partial charge in [-0.1, -0.05) is 39.0 Å². The van der Waals surface area contributed by atoms with Crippen molar-refractivity contribution < 1.29 is 28.9 Å². The van der Waals surface area contributed by atoms with Crippen molar-refractivity contribution in [2.45, 2.75) is 89.5 Å². The van der Waals surface area contributed by atoms with Gasteiger partial charge in [-0.2, -0.15) is 0 Å². The van der Waals surface area contributed by atoms with Gasteiger partial charge in [-0.15, -0.1) is 0 Å². The Hall–Kier alpha value is -3.36. The van der Waals surface area contributed by atoms with E-state index in [-0.39, 0.29) is 42.7 Å². The number of fused-ring (bicyclic) bond motifs is 1. The molecular formula is C36H46N2O6. The van der Waals surface area contributed by atoms with E-state index in [1.807, 2.05) is 29.2 Å². The highest BCUT2D eigenvalue weighted by Crippen LogP contribution is 2.63. The molecule has 4 aliphatic rings. The zero-order chi connectivity index (χ0) is 31.8. The lowest BCUT2D eigenvalue weighted by molar-refractivity contribution is -0.150. The summed E-state index contributed by atoms with van der Waals surface area (Å²) in [7, 11) is 3.30. The van der Waals surface area contributed by atoms with Crippen LogP contribution in [0.15, 0.2) is 42.5 Å². The van der Waals surface area contributed by atoms with Crippen LogP contribution in [0, 0.1) is 11.8 Å². The van der Waals surface area contributed by atoms with Crippen LogP contribution in [-0.4, -0.2) is 66.9 Å². The van der Waals surface area contributed by atoms with E-state index in [0.717, 1.165) is 46.5 Å². The van der Waals surface area contributed by atoms with Crippen molar-refractivity contribution >= 4 is 23.1 Å².